The first-order chi connectivity index (χ1) is 15.2. The molecule has 0 radical (unpaired) electrons. The average Bonchev–Trinajstić information content (AvgIpc) is 3.24. The Morgan fingerprint density at radius 2 is 1.94 bits per heavy atom. The lowest BCUT2D eigenvalue weighted by atomic mass is 9.88. The lowest BCUT2D eigenvalue weighted by molar-refractivity contribution is -0.120. The number of amides is 2. The van der Waals surface area contributed by atoms with Gasteiger partial charge in [0, 0.05) is 24.3 Å². The van der Waals surface area contributed by atoms with Crippen molar-refractivity contribution >= 4 is 44.2 Å². The van der Waals surface area contributed by atoms with Gasteiger partial charge in [-0.2, -0.15) is 0 Å². The molecule has 3 aromatic rings. The van der Waals surface area contributed by atoms with E-state index in [1.165, 1.54) is 17.8 Å². The molecule has 31 heavy (non-hydrogen) atoms. The summed E-state index contributed by atoms with van der Waals surface area (Å²) in [6.07, 6.45) is 5.29. The van der Waals surface area contributed by atoms with Crippen LogP contribution in [0.2, 0.25) is 0 Å². The van der Waals surface area contributed by atoms with Crippen molar-refractivity contribution in [2.45, 2.75) is 32.1 Å². The minimum atomic E-state index is -0.162. The van der Waals surface area contributed by atoms with Gasteiger partial charge in [0.05, 0.1) is 23.4 Å². The van der Waals surface area contributed by atoms with Crippen LogP contribution >= 0.6 is 11.3 Å². The summed E-state index contributed by atoms with van der Waals surface area (Å²) in [7, 11) is 1.61. The lowest BCUT2D eigenvalue weighted by Gasteiger charge is -2.21. The second kappa shape index (κ2) is 10.0. The molecule has 1 fully saturated rings. The molecule has 7 heteroatoms. The topological polar surface area (TPSA) is 71.5 Å². The third-order valence-corrected chi connectivity index (χ3v) is 6.69. The Hall–Kier alpha value is -2.77. The molecule has 2 amide bonds. The van der Waals surface area contributed by atoms with Crippen LogP contribution in [0.15, 0.2) is 48.5 Å². The molecule has 1 saturated carbocycles. The summed E-state index contributed by atoms with van der Waals surface area (Å²) in [5.41, 5.74) is 2.03. The maximum absolute atomic E-state index is 13.4. The highest BCUT2D eigenvalue weighted by Crippen LogP contribution is 2.30. The average molecular weight is 438 g/mol. The summed E-state index contributed by atoms with van der Waals surface area (Å²) in [5, 5.41) is 3.64. The molecule has 0 bridgehead atoms. The van der Waals surface area contributed by atoms with Crippen molar-refractivity contribution in [1.29, 1.82) is 0 Å². The molecule has 0 atom stereocenters. The third kappa shape index (κ3) is 5.11. The number of aromatic nitrogens is 1. The number of thiazole rings is 1. The number of carbonyl (C=O) groups excluding carboxylic acids is 2. The van der Waals surface area contributed by atoms with E-state index in [0.717, 1.165) is 35.9 Å². The number of anilines is 2. The van der Waals surface area contributed by atoms with Crippen LogP contribution in [0.4, 0.5) is 10.8 Å². The van der Waals surface area contributed by atoms with Gasteiger partial charge in [-0.1, -0.05) is 48.8 Å². The predicted octanol–water partition coefficient (Wildman–Crippen LogP) is 5.11. The van der Waals surface area contributed by atoms with Crippen LogP contribution in [-0.4, -0.2) is 37.1 Å². The van der Waals surface area contributed by atoms with E-state index in [9.17, 15) is 9.59 Å². The lowest BCUT2D eigenvalue weighted by Crippen LogP contribution is -2.34. The molecule has 0 spiro atoms. The van der Waals surface area contributed by atoms with Crippen molar-refractivity contribution < 1.29 is 14.3 Å². The van der Waals surface area contributed by atoms with Crippen molar-refractivity contribution in [3.8, 4) is 0 Å². The zero-order valence-electron chi connectivity index (χ0n) is 17.7. The quantitative estimate of drug-likeness (QED) is 0.558. The third-order valence-electron chi connectivity index (χ3n) is 5.63. The van der Waals surface area contributed by atoms with Gasteiger partial charge >= 0.3 is 0 Å². The van der Waals surface area contributed by atoms with Gasteiger partial charge in [-0.15, -0.1) is 0 Å². The molecule has 1 N–H and O–H groups in total. The Morgan fingerprint density at radius 1 is 1.13 bits per heavy atom. The van der Waals surface area contributed by atoms with Gasteiger partial charge in [0.1, 0.15) is 0 Å². The van der Waals surface area contributed by atoms with Crippen molar-refractivity contribution in [2.75, 3.05) is 30.5 Å². The molecular weight excluding hydrogens is 410 g/mol. The van der Waals surface area contributed by atoms with Crippen molar-refractivity contribution in [3.05, 3.63) is 54.1 Å². The fourth-order valence-corrected chi connectivity index (χ4v) is 4.93. The van der Waals surface area contributed by atoms with Crippen LogP contribution in [-0.2, 0) is 9.53 Å². The van der Waals surface area contributed by atoms with E-state index in [-0.39, 0.29) is 17.7 Å². The molecular formula is C24H27N3O3S. The number of para-hydroxylation sites is 1. The number of benzene rings is 2. The largest absolute Gasteiger partial charge is 0.383 e. The molecule has 1 aliphatic carbocycles. The summed E-state index contributed by atoms with van der Waals surface area (Å²) in [6.45, 7) is 0.799. The number of methoxy groups -OCH3 is 1. The first-order valence-corrected chi connectivity index (χ1v) is 11.5. The number of hydrogen-bond acceptors (Lipinski definition) is 5. The van der Waals surface area contributed by atoms with E-state index >= 15 is 0 Å². The molecule has 1 aliphatic rings. The number of ether oxygens (including phenoxy) is 1. The standard InChI is InChI=1S/C24H27N3O3S/c1-30-15-14-27(24-26-20-12-5-6-13-21(20)31-24)23(29)18-10-7-11-19(16-18)25-22(28)17-8-3-2-4-9-17/h5-7,10-13,16-17H,2-4,8-9,14-15H2,1H3,(H,25,28). The Morgan fingerprint density at radius 3 is 2.71 bits per heavy atom. The van der Waals surface area contributed by atoms with Gasteiger partial charge in [-0.3, -0.25) is 14.5 Å². The second-order valence-corrected chi connectivity index (χ2v) is 8.83. The van der Waals surface area contributed by atoms with Crippen molar-refractivity contribution in [3.63, 3.8) is 0 Å². The highest BCUT2D eigenvalue weighted by Gasteiger charge is 2.23. The van der Waals surface area contributed by atoms with Gasteiger partial charge in [-0.25, -0.2) is 4.98 Å². The molecule has 0 aliphatic heterocycles. The van der Waals surface area contributed by atoms with Gasteiger partial charge in [0.15, 0.2) is 5.13 Å². The highest BCUT2D eigenvalue weighted by atomic mass is 32.1. The molecule has 1 aromatic heterocycles. The van der Waals surface area contributed by atoms with E-state index in [0.29, 0.717) is 29.5 Å². The summed E-state index contributed by atoms with van der Waals surface area (Å²) in [4.78, 5) is 32.3. The Balaban J connectivity index is 1.55. The number of nitrogens with one attached hydrogen (secondary N) is 1. The van der Waals surface area contributed by atoms with Crippen LogP contribution < -0.4 is 10.2 Å². The SMILES string of the molecule is COCCN(C(=O)c1cccc(NC(=O)C2CCCCC2)c1)c1nc2ccccc2s1. The molecule has 4 rings (SSSR count). The fourth-order valence-electron chi connectivity index (χ4n) is 3.94. The monoisotopic (exact) mass is 437 g/mol. The molecule has 162 valence electrons. The Labute approximate surface area is 186 Å². The fraction of sp³-hybridized carbons (Fsp3) is 0.375. The van der Waals surface area contributed by atoms with Crippen LogP contribution in [0.3, 0.4) is 0 Å². The van der Waals surface area contributed by atoms with E-state index < -0.39 is 0 Å². The van der Waals surface area contributed by atoms with Gasteiger partial charge in [0.2, 0.25) is 5.91 Å². The van der Waals surface area contributed by atoms with Gasteiger partial charge in [-0.05, 0) is 43.2 Å². The summed E-state index contributed by atoms with van der Waals surface area (Å²) >= 11 is 1.48. The van der Waals surface area contributed by atoms with Crippen LogP contribution in [0.25, 0.3) is 10.2 Å². The molecule has 1 heterocycles. The maximum atomic E-state index is 13.4. The first kappa shape index (κ1) is 21.5. The van der Waals surface area contributed by atoms with Crippen molar-refractivity contribution in [1.82, 2.24) is 4.98 Å². The first-order valence-electron chi connectivity index (χ1n) is 10.7. The Bertz CT molecular complexity index is 1030. The predicted molar refractivity (Wildman–Crippen MR) is 125 cm³/mol. The molecule has 6 nitrogen and oxygen atoms in total. The zero-order valence-corrected chi connectivity index (χ0v) is 18.5. The number of fused-ring (bicyclic) bond motifs is 1. The number of nitrogens with zero attached hydrogens (tertiary/aromatic N) is 2. The number of carbonyl (C=O) groups is 2. The summed E-state index contributed by atoms with van der Waals surface area (Å²) in [6, 6.07) is 15.0. The zero-order chi connectivity index (χ0) is 21.6. The van der Waals surface area contributed by atoms with E-state index in [2.05, 4.69) is 10.3 Å². The number of rotatable bonds is 7. The summed E-state index contributed by atoms with van der Waals surface area (Å²) in [5.74, 6) is -0.0503. The molecule has 0 unspecified atom stereocenters. The molecule has 2 aromatic carbocycles. The van der Waals surface area contributed by atoms with Crippen LogP contribution in [0, 0.1) is 5.92 Å². The van der Waals surface area contributed by atoms with Crippen molar-refractivity contribution in [2.24, 2.45) is 5.92 Å². The van der Waals surface area contributed by atoms with Crippen LogP contribution in [0.5, 0.6) is 0 Å². The Kier molecular flexibility index (Phi) is 6.94. The minimum Gasteiger partial charge on any atom is -0.383 e. The van der Waals surface area contributed by atoms with Crippen LogP contribution in [0.1, 0.15) is 42.5 Å². The van der Waals surface area contributed by atoms with Gasteiger partial charge in [0.25, 0.3) is 5.91 Å². The normalized spacial score (nSPS) is 14.5. The number of hydrogen-bond donors (Lipinski definition) is 1. The smallest absolute Gasteiger partial charge is 0.260 e. The maximum Gasteiger partial charge on any atom is 0.260 e. The van der Waals surface area contributed by atoms with E-state index in [1.807, 2.05) is 30.3 Å². The highest BCUT2D eigenvalue weighted by molar-refractivity contribution is 7.22. The minimum absolute atomic E-state index is 0.0479. The van der Waals surface area contributed by atoms with E-state index in [1.54, 1.807) is 30.2 Å². The molecule has 0 saturated heterocycles. The van der Waals surface area contributed by atoms with Gasteiger partial charge < -0.3 is 10.1 Å². The van der Waals surface area contributed by atoms with E-state index in [4.69, 9.17) is 4.74 Å². The summed E-state index contributed by atoms with van der Waals surface area (Å²) < 4.78 is 6.25. The second-order valence-electron chi connectivity index (χ2n) is 7.82.